The average molecular weight is 287 g/mol. The molecule has 20 heavy (non-hydrogen) atoms. The van der Waals surface area contributed by atoms with Gasteiger partial charge in [-0.05, 0) is 11.8 Å². The number of rotatable bonds is 9. The monoisotopic (exact) mass is 287 g/mol. The zero-order valence-electron chi connectivity index (χ0n) is 12.6. The number of nitrogens with zero attached hydrogens (tertiary/aromatic N) is 1. The fraction of sp³-hybridized carbons (Fsp3) is 0.786. The Balaban J connectivity index is 5.17. The van der Waals surface area contributed by atoms with Crippen LogP contribution in [0.4, 0.5) is 0 Å². The van der Waals surface area contributed by atoms with Crippen molar-refractivity contribution in [3.8, 4) is 0 Å². The molecule has 0 aliphatic carbocycles. The van der Waals surface area contributed by atoms with Gasteiger partial charge in [-0.3, -0.25) is 9.59 Å². The summed E-state index contributed by atoms with van der Waals surface area (Å²) in [7, 11) is 0. The summed E-state index contributed by atoms with van der Waals surface area (Å²) in [5.41, 5.74) is 0. The van der Waals surface area contributed by atoms with Crippen LogP contribution in [-0.4, -0.2) is 45.5 Å². The molecule has 0 saturated heterocycles. The molecule has 0 rings (SSSR count). The number of carbonyl (C=O) groups excluding carboxylic acids is 1. The van der Waals surface area contributed by atoms with Gasteiger partial charge in [0.05, 0.1) is 6.42 Å². The predicted octanol–water partition coefficient (Wildman–Crippen LogP) is 1.84. The highest BCUT2D eigenvalue weighted by atomic mass is 16.4. The minimum Gasteiger partial charge on any atom is -0.481 e. The molecule has 0 heterocycles. The molecular formula is C14H25NO5. The quantitative estimate of drug-likeness (QED) is 0.674. The fourth-order valence-electron chi connectivity index (χ4n) is 2.01. The molecular weight excluding hydrogens is 262 g/mol. The second-order valence-corrected chi connectivity index (χ2v) is 5.50. The molecule has 0 aromatic carbocycles. The molecule has 0 spiro atoms. The number of amides is 1. The Morgan fingerprint density at radius 2 is 1.65 bits per heavy atom. The van der Waals surface area contributed by atoms with Crippen LogP contribution < -0.4 is 0 Å². The molecule has 0 aliphatic rings. The molecule has 6 heteroatoms. The third kappa shape index (κ3) is 6.04. The summed E-state index contributed by atoms with van der Waals surface area (Å²) < 4.78 is 0. The SMILES string of the molecule is CCC(C)C(C(=O)O)N(CCC(=O)O)C(=O)CC(C)C. The molecule has 2 N–H and O–H groups in total. The Bertz CT molecular complexity index is 353. The van der Waals surface area contributed by atoms with Crippen LogP contribution in [0.5, 0.6) is 0 Å². The molecule has 2 atom stereocenters. The third-order valence-electron chi connectivity index (χ3n) is 3.24. The van der Waals surface area contributed by atoms with Crippen LogP contribution in [0.1, 0.15) is 47.0 Å². The van der Waals surface area contributed by atoms with Gasteiger partial charge in [0.1, 0.15) is 6.04 Å². The first-order valence-electron chi connectivity index (χ1n) is 6.94. The summed E-state index contributed by atoms with van der Waals surface area (Å²) >= 11 is 0. The minimum atomic E-state index is -1.08. The molecule has 6 nitrogen and oxygen atoms in total. The van der Waals surface area contributed by atoms with Gasteiger partial charge in [-0.2, -0.15) is 0 Å². The standard InChI is InChI=1S/C14H25NO5/c1-5-10(4)13(14(19)20)15(7-6-12(17)18)11(16)8-9(2)3/h9-10,13H,5-8H2,1-4H3,(H,17,18)(H,19,20). The van der Waals surface area contributed by atoms with E-state index in [-0.39, 0.29) is 37.1 Å². The van der Waals surface area contributed by atoms with Gasteiger partial charge < -0.3 is 15.1 Å². The first-order valence-corrected chi connectivity index (χ1v) is 6.94. The van der Waals surface area contributed by atoms with E-state index in [1.165, 1.54) is 4.90 Å². The van der Waals surface area contributed by atoms with Crippen LogP contribution in [0.2, 0.25) is 0 Å². The van der Waals surface area contributed by atoms with Gasteiger partial charge in [0.2, 0.25) is 5.91 Å². The van der Waals surface area contributed by atoms with Crippen LogP contribution in [0, 0.1) is 11.8 Å². The van der Waals surface area contributed by atoms with Crippen molar-refractivity contribution in [1.29, 1.82) is 0 Å². The van der Waals surface area contributed by atoms with Crippen LogP contribution in [0.15, 0.2) is 0 Å². The van der Waals surface area contributed by atoms with Gasteiger partial charge in [-0.25, -0.2) is 4.79 Å². The van der Waals surface area contributed by atoms with E-state index in [4.69, 9.17) is 5.11 Å². The van der Waals surface area contributed by atoms with Crippen molar-refractivity contribution < 1.29 is 24.6 Å². The van der Waals surface area contributed by atoms with E-state index in [2.05, 4.69) is 0 Å². The second kappa shape index (κ2) is 8.55. The lowest BCUT2D eigenvalue weighted by Gasteiger charge is -2.32. The van der Waals surface area contributed by atoms with Gasteiger partial charge in [0, 0.05) is 13.0 Å². The maximum atomic E-state index is 12.2. The van der Waals surface area contributed by atoms with Crippen molar-refractivity contribution in [2.24, 2.45) is 11.8 Å². The van der Waals surface area contributed by atoms with E-state index in [0.29, 0.717) is 6.42 Å². The zero-order valence-corrected chi connectivity index (χ0v) is 12.6. The van der Waals surface area contributed by atoms with E-state index in [9.17, 15) is 19.5 Å². The third-order valence-corrected chi connectivity index (χ3v) is 3.24. The largest absolute Gasteiger partial charge is 0.481 e. The van der Waals surface area contributed by atoms with E-state index in [1.807, 2.05) is 20.8 Å². The maximum absolute atomic E-state index is 12.2. The molecule has 0 radical (unpaired) electrons. The van der Waals surface area contributed by atoms with Crippen LogP contribution in [0.3, 0.4) is 0 Å². The van der Waals surface area contributed by atoms with Gasteiger partial charge in [0.25, 0.3) is 0 Å². The number of carboxylic acid groups (broad SMARTS) is 2. The Morgan fingerprint density at radius 3 is 2.00 bits per heavy atom. The fourth-order valence-corrected chi connectivity index (χ4v) is 2.01. The molecule has 0 aliphatic heterocycles. The number of carboxylic acids is 2. The minimum absolute atomic E-state index is 0.0673. The van der Waals surface area contributed by atoms with Crippen molar-refractivity contribution in [3.05, 3.63) is 0 Å². The predicted molar refractivity (Wildman–Crippen MR) is 74.3 cm³/mol. The molecule has 0 aromatic heterocycles. The highest BCUT2D eigenvalue weighted by molar-refractivity contribution is 5.84. The van der Waals surface area contributed by atoms with Gasteiger partial charge >= 0.3 is 11.9 Å². The van der Waals surface area contributed by atoms with E-state index in [1.54, 1.807) is 6.92 Å². The molecule has 0 aromatic rings. The van der Waals surface area contributed by atoms with Crippen molar-refractivity contribution in [1.82, 2.24) is 4.90 Å². The Labute approximate surface area is 119 Å². The van der Waals surface area contributed by atoms with Crippen molar-refractivity contribution >= 4 is 17.8 Å². The number of aliphatic carboxylic acids is 2. The Kier molecular flexibility index (Phi) is 7.87. The van der Waals surface area contributed by atoms with Crippen molar-refractivity contribution in [2.45, 2.75) is 53.0 Å². The lowest BCUT2D eigenvalue weighted by molar-refractivity contribution is -0.154. The summed E-state index contributed by atoms with van der Waals surface area (Å²) in [5.74, 6) is -2.55. The maximum Gasteiger partial charge on any atom is 0.326 e. The molecule has 0 fully saturated rings. The number of hydrogen-bond donors (Lipinski definition) is 2. The average Bonchev–Trinajstić information content (AvgIpc) is 2.31. The lowest BCUT2D eigenvalue weighted by Crippen LogP contribution is -2.49. The topological polar surface area (TPSA) is 94.9 Å². The van der Waals surface area contributed by atoms with Crippen molar-refractivity contribution in [2.75, 3.05) is 6.54 Å². The van der Waals surface area contributed by atoms with Crippen LogP contribution >= 0.6 is 0 Å². The van der Waals surface area contributed by atoms with Gasteiger partial charge in [-0.1, -0.05) is 34.1 Å². The van der Waals surface area contributed by atoms with Gasteiger partial charge in [-0.15, -0.1) is 0 Å². The Hall–Kier alpha value is -1.59. The van der Waals surface area contributed by atoms with E-state index < -0.39 is 18.0 Å². The van der Waals surface area contributed by atoms with E-state index in [0.717, 1.165) is 0 Å². The smallest absolute Gasteiger partial charge is 0.326 e. The number of carbonyl (C=O) groups is 3. The second-order valence-electron chi connectivity index (χ2n) is 5.50. The zero-order chi connectivity index (χ0) is 15.9. The normalized spacial score (nSPS) is 13.8. The summed E-state index contributed by atoms with van der Waals surface area (Å²) in [6.45, 7) is 7.28. The first-order chi connectivity index (χ1) is 9.20. The summed E-state index contributed by atoms with van der Waals surface area (Å²) in [4.78, 5) is 35.5. The van der Waals surface area contributed by atoms with Crippen LogP contribution in [0.25, 0.3) is 0 Å². The molecule has 0 saturated carbocycles. The number of hydrogen-bond acceptors (Lipinski definition) is 3. The highest BCUT2D eigenvalue weighted by Crippen LogP contribution is 2.18. The van der Waals surface area contributed by atoms with E-state index >= 15 is 0 Å². The summed E-state index contributed by atoms with van der Waals surface area (Å²) in [5, 5.41) is 18.1. The molecule has 2 unspecified atom stereocenters. The lowest BCUT2D eigenvalue weighted by atomic mass is 9.96. The first kappa shape index (κ1) is 18.4. The summed E-state index contributed by atoms with van der Waals surface area (Å²) in [6.07, 6.45) is 0.583. The molecule has 116 valence electrons. The van der Waals surface area contributed by atoms with Gasteiger partial charge in [0.15, 0.2) is 0 Å². The Morgan fingerprint density at radius 1 is 1.10 bits per heavy atom. The summed E-state index contributed by atoms with van der Waals surface area (Å²) in [6, 6.07) is -0.967. The highest BCUT2D eigenvalue weighted by Gasteiger charge is 2.33. The van der Waals surface area contributed by atoms with Crippen LogP contribution in [-0.2, 0) is 14.4 Å². The van der Waals surface area contributed by atoms with Crippen molar-refractivity contribution in [3.63, 3.8) is 0 Å². The molecule has 1 amide bonds. The molecule has 0 bridgehead atoms.